The zero-order chi connectivity index (χ0) is 15.3. The van der Waals surface area contributed by atoms with Crippen molar-refractivity contribution in [1.29, 1.82) is 0 Å². The number of halogens is 1. The lowest BCUT2D eigenvalue weighted by Gasteiger charge is -2.43. The van der Waals surface area contributed by atoms with E-state index in [1.165, 1.54) is 24.8 Å². The minimum absolute atomic E-state index is 0.132. The molecule has 1 aromatic rings. The van der Waals surface area contributed by atoms with Gasteiger partial charge in [-0.1, -0.05) is 43.9 Å². The Bertz CT molecular complexity index is 458. The number of rotatable bonds is 6. The highest BCUT2D eigenvalue weighted by molar-refractivity contribution is 6.32. The number of hydrogen-bond donors (Lipinski definition) is 1. The van der Waals surface area contributed by atoms with Crippen LogP contribution in [0.5, 0.6) is 5.75 Å². The molecule has 0 heterocycles. The first-order chi connectivity index (χ1) is 10.2. The standard InChI is InChI=1S/C17H26ClNO2/c1-4-19-16(17(21-3)10-6-5-7-11-17)13-8-9-14(18)15(12-13)20-2/h8-9,12,16,19H,4-7,10-11H2,1-3H3. The molecular formula is C17H26ClNO2. The third-order valence-electron chi connectivity index (χ3n) is 4.55. The van der Waals surface area contributed by atoms with Crippen LogP contribution >= 0.6 is 11.6 Å². The van der Waals surface area contributed by atoms with Gasteiger partial charge in [-0.05, 0) is 37.1 Å². The van der Waals surface area contributed by atoms with Crippen LogP contribution < -0.4 is 10.1 Å². The summed E-state index contributed by atoms with van der Waals surface area (Å²) in [6.07, 6.45) is 5.92. The Morgan fingerprint density at radius 2 is 1.95 bits per heavy atom. The van der Waals surface area contributed by atoms with Gasteiger partial charge in [0.15, 0.2) is 0 Å². The first-order valence-corrected chi connectivity index (χ1v) is 8.16. The third-order valence-corrected chi connectivity index (χ3v) is 4.86. The van der Waals surface area contributed by atoms with E-state index in [-0.39, 0.29) is 11.6 Å². The largest absolute Gasteiger partial charge is 0.495 e. The van der Waals surface area contributed by atoms with Crippen LogP contribution in [0.3, 0.4) is 0 Å². The zero-order valence-electron chi connectivity index (χ0n) is 13.2. The number of ether oxygens (including phenoxy) is 2. The highest BCUT2D eigenvalue weighted by atomic mass is 35.5. The first-order valence-electron chi connectivity index (χ1n) is 7.79. The number of benzene rings is 1. The minimum atomic E-state index is -0.132. The lowest BCUT2D eigenvalue weighted by molar-refractivity contribution is -0.0684. The minimum Gasteiger partial charge on any atom is -0.495 e. The van der Waals surface area contributed by atoms with Crippen LogP contribution in [0.4, 0.5) is 0 Å². The van der Waals surface area contributed by atoms with Crippen molar-refractivity contribution in [2.45, 2.75) is 50.7 Å². The average molecular weight is 312 g/mol. The molecule has 1 atom stereocenters. The number of methoxy groups -OCH3 is 2. The quantitative estimate of drug-likeness (QED) is 0.847. The van der Waals surface area contributed by atoms with E-state index in [1.807, 2.05) is 19.2 Å². The topological polar surface area (TPSA) is 30.5 Å². The maximum atomic E-state index is 6.16. The summed E-state index contributed by atoms with van der Waals surface area (Å²) in [5.74, 6) is 0.721. The second-order valence-electron chi connectivity index (χ2n) is 5.71. The molecule has 0 bridgehead atoms. The van der Waals surface area contributed by atoms with E-state index in [0.29, 0.717) is 5.02 Å². The number of likely N-dealkylation sites (N-methyl/N-ethyl adjacent to an activating group) is 1. The third kappa shape index (κ3) is 3.53. The van der Waals surface area contributed by atoms with E-state index < -0.39 is 0 Å². The molecular weight excluding hydrogens is 286 g/mol. The Hall–Kier alpha value is -0.770. The van der Waals surface area contributed by atoms with Crippen LogP contribution in [0, 0.1) is 0 Å². The lowest BCUT2D eigenvalue weighted by Crippen LogP contribution is -2.47. The normalized spacial score (nSPS) is 19.2. The second-order valence-corrected chi connectivity index (χ2v) is 6.12. The highest BCUT2D eigenvalue weighted by Crippen LogP contribution is 2.42. The zero-order valence-corrected chi connectivity index (χ0v) is 14.0. The van der Waals surface area contributed by atoms with Gasteiger partial charge in [0.05, 0.1) is 23.8 Å². The summed E-state index contributed by atoms with van der Waals surface area (Å²) >= 11 is 6.16. The lowest BCUT2D eigenvalue weighted by atomic mass is 9.76. The molecule has 2 rings (SSSR count). The van der Waals surface area contributed by atoms with Gasteiger partial charge in [0, 0.05) is 7.11 Å². The summed E-state index contributed by atoms with van der Waals surface area (Å²) in [6.45, 7) is 3.03. The Kier molecular flexibility index (Phi) is 5.91. The van der Waals surface area contributed by atoms with Crippen molar-refractivity contribution in [3.63, 3.8) is 0 Å². The maximum Gasteiger partial charge on any atom is 0.137 e. The molecule has 0 saturated heterocycles. The molecule has 0 amide bonds. The van der Waals surface area contributed by atoms with E-state index in [9.17, 15) is 0 Å². The fourth-order valence-electron chi connectivity index (χ4n) is 3.43. The number of hydrogen-bond acceptors (Lipinski definition) is 3. The van der Waals surface area contributed by atoms with Crippen LogP contribution in [0.2, 0.25) is 5.02 Å². The van der Waals surface area contributed by atoms with Gasteiger partial charge in [-0.2, -0.15) is 0 Å². The van der Waals surface area contributed by atoms with Gasteiger partial charge in [0.1, 0.15) is 5.75 Å². The SMILES string of the molecule is CCNC(c1ccc(Cl)c(OC)c1)C1(OC)CCCCC1. The van der Waals surface area contributed by atoms with E-state index in [0.717, 1.165) is 25.1 Å². The molecule has 118 valence electrons. The fourth-order valence-corrected chi connectivity index (χ4v) is 3.62. The second kappa shape index (κ2) is 7.48. The fraction of sp³-hybridized carbons (Fsp3) is 0.647. The van der Waals surface area contributed by atoms with Crippen molar-refractivity contribution in [2.24, 2.45) is 0 Å². The molecule has 1 saturated carbocycles. The Balaban J connectivity index is 2.37. The van der Waals surface area contributed by atoms with Crippen molar-refractivity contribution in [1.82, 2.24) is 5.32 Å². The van der Waals surface area contributed by atoms with Crippen LogP contribution in [0.1, 0.15) is 50.6 Å². The Morgan fingerprint density at radius 3 is 2.52 bits per heavy atom. The van der Waals surface area contributed by atoms with E-state index in [4.69, 9.17) is 21.1 Å². The smallest absolute Gasteiger partial charge is 0.137 e. The highest BCUT2D eigenvalue weighted by Gasteiger charge is 2.40. The molecule has 0 radical (unpaired) electrons. The molecule has 0 aliphatic heterocycles. The average Bonchev–Trinajstić information content (AvgIpc) is 2.54. The molecule has 3 nitrogen and oxygen atoms in total. The van der Waals surface area contributed by atoms with Gasteiger partial charge in [-0.25, -0.2) is 0 Å². The van der Waals surface area contributed by atoms with Gasteiger partial charge in [0.25, 0.3) is 0 Å². The molecule has 1 aliphatic rings. The van der Waals surface area contributed by atoms with E-state index in [2.05, 4.69) is 18.3 Å². The van der Waals surface area contributed by atoms with Crippen molar-refractivity contribution in [2.75, 3.05) is 20.8 Å². The summed E-state index contributed by atoms with van der Waals surface area (Å²) in [5, 5.41) is 4.25. The number of nitrogens with one attached hydrogen (secondary N) is 1. The summed E-state index contributed by atoms with van der Waals surface area (Å²) < 4.78 is 11.4. The summed E-state index contributed by atoms with van der Waals surface area (Å²) in [5.41, 5.74) is 1.05. The Labute approximate surface area is 133 Å². The predicted octanol–water partition coefficient (Wildman–Crippen LogP) is 4.35. The van der Waals surface area contributed by atoms with Crippen molar-refractivity contribution >= 4 is 11.6 Å². The predicted molar refractivity (Wildman–Crippen MR) is 87.2 cm³/mol. The van der Waals surface area contributed by atoms with Crippen molar-refractivity contribution < 1.29 is 9.47 Å². The van der Waals surface area contributed by atoms with Crippen LogP contribution in [-0.4, -0.2) is 26.4 Å². The molecule has 1 aromatic carbocycles. The molecule has 1 fully saturated rings. The van der Waals surface area contributed by atoms with E-state index >= 15 is 0 Å². The van der Waals surface area contributed by atoms with Gasteiger partial charge < -0.3 is 14.8 Å². The van der Waals surface area contributed by atoms with Gasteiger partial charge in [-0.15, -0.1) is 0 Å². The summed E-state index contributed by atoms with van der Waals surface area (Å²) in [4.78, 5) is 0. The molecule has 0 spiro atoms. The first kappa shape index (κ1) is 16.6. The molecule has 1 aliphatic carbocycles. The summed E-state index contributed by atoms with van der Waals surface area (Å²) in [7, 11) is 3.49. The molecule has 1 N–H and O–H groups in total. The van der Waals surface area contributed by atoms with Crippen LogP contribution in [0.15, 0.2) is 18.2 Å². The van der Waals surface area contributed by atoms with Crippen molar-refractivity contribution in [3.8, 4) is 5.75 Å². The molecule has 0 aromatic heterocycles. The monoisotopic (exact) mass is 311 g/mol. The van der Waals surface area contributed by atoms with E-state index in [1.54, 1.807) is 7.11 Å². The van der Waals surface area contributed by atoms with Gasteiger partial charge in [0.2, 0.25) is 0 Å². The summed E-state index contributed by atoms with van der Waals surface area (Å²) in [6, 6.07) is 6.18. The van der Waals surface area contributed by atoms with Crippen LogP contribution in [0.25, 0.3) is 0 Å². The van der Waals surface area contributed by atoms with Gasteiger partial charge in [-0.3, -0.25) is 0 Å². The molecule has 4 heteroatoms. The molecule has 21 heavy (non-hydrogen) atoms. The Morgan fingerprint density at radius 1 is 1.24 bits per heavy atom. The van der Waals surface area contributed by atoms with Gasteiger partial charge >= 0.3 is 0 Å². The maximum absolute atomic E-state index is 6.16. The molecule has 1 unspecified atom stereocenters. The van der Waals surface area contributed by atoms with Crippen LogP contribution in [-0.2, 0) is 4.74 Å². The van der Waals surface area contributed by atoms with Crippen molar-refractivity contribution in [3.05, 3.63) is 28.8 Å².